The van der Waals surface area contributed by atoms with Crippen LogP contribution >= 0.6 is 0 Å². The lowest BCUT2D eigenvalue weighted by Crippen LogP contribution is -2.39. The van der Waals surface area contributed by atoms with Crippen LogP contribution < -0.4 is 0 Å². The second-order valence-electron chi connectivity index (χ2n) is 10.3. The molecule has 0 fully saturated rings. The first kappa shape index (κ1) is 32.0. The largest absolute Gasteiger partial charge is 0.461 e. The summed E-state index contributed by atoms with van der Waals surface area (Å²) in [5, 5.41) is 19.0. The van der Waals surface area contributed by atoms with Gasteiger partial charge in [0.15, 0.2) is 0 Å². The zero-order valence-electron chi connectivity index (χ0n) is 23.9. The van der Waals surface area contributed by atoms with Crippen LogP contribution in [0.5, 0.6) is 0 Å². The van der Waals surface area contributed by atoms with E-state index in [1.165, 1.54) is 37.3 Å². The predicted molar refractivity (Wildman–Crippen MR) is 155 cm³/mol. The first-order valence-corrected chi connectivity index (χ1v) is 13.8. The summed E-state index contributed by atoms with van der Waals surface area (Å²) >= 11 is 0. The van der Waals surface area contributed by atoms with Crippen LogP contribution in [0.4, 0.5) is 0 Å². The van der Waals surface area contributed by atoms with Crippen LogP contribution in [0, 0.1) is 6.92 Å². The molecule has 0 saturated heterocycles. The maximum atomic E-state index is 12.5. The lowest BCUT2D eigenvalue weighted by molar-refractivity contribution is -0.146. The van der Waals surface area contributed by atoms with Crippen molar-refractivity contribution in [2.24, 2.45) is 0 Å². The van der Waals surface area contributed by atoms with E-state index < -0.39 is 30.1 Å². The van der Waals surface area contributed by atoms with Gasteiger partial charge in [0.25, 0.3) is 0 Å². The Bertz CT molecular complexity index is 1130. The van der Waals surface area contributed by atoms with Crippen LogP contribution in [-0.2, 0) is 30.9 Å². The number of unbranched alkanes of at least 4 members (excludes halogenated alkanes) is 2. The van der Waals surface area contributed by atoms with Crippen LogP contribution in [0.25, 0.3) is 11.1 Å². The number of ether oxygens (including phenoxy) is 2. The van der Waals surface area contributed by atoms with Gasteiger partial charge < -0.3 is 19.7 Å². The number of benzene rings is 2. The van der Waals surface area contributed by atoms with Gasteiger partial charge in [0.2, 0.25) is 0 Å². The van der Waals surface area contributed by atoms with Gasteiger partial charge in [-0.2, -0.15) is 0 Å². The number of hydrogen-bond acceptors (Lipinski definition) is 6. The number of hydrogen-bond donors (Lipinski definition) is 2. The molecule has 2 unspecified atom stereocenters. The van der Waals surface area contributed by atoms with E-state index in [2.05, 4.69) is 45.2 Å². The third-order valence-electron chi connectivity index (χ3n) is 7.16. The Kier molecular flexibility index (Phi) is 12.6. The van der Waals surface area contributed by atoms with E-state index in [1.807, 2.05) is 31.2 Å². The van der Waals surface area contributed by atoms with Crippen molar-refractivity contribution < 1.29 is 29.3 Å². The second kappa shape index (κ2) is 15.4. The zero-order chi connectivity index (χ0) is 29.0. The summed E-state index contributed by atoms with van der Waals surface area (Å²) in [6.07, 6.45) is 4.96. The highest BCUT2D eigenvalue weighted by Crippen LogP contribution is 2.33. The van der Waals surface area contributed by atoms with Gasteiger partial charge in [-0.15, -0.1) is 0 Å². The van der Waals surface area contributed by atoms with Gasteiger partial charge in [-0.05, 0) is 60.9 Å². The monoisotopic (exact) mass is 536 g/mol. The minimum atomic E-state index is -1.04. The number of aliphatic hydroxyl groups excluding tert-OH is 2. The lowest BCUT2D eigenvalue weighted by atomic mass is 9.77. The molecule has 0 aromatic heterocycles. The normalized spacial score (nSPS) is 13.3. The average molecular weight is 537 g/mol. The van der Waals surface area contributed by atoms with Gasteiger partial charge in [0, 0.05) is 0 Å². The van der Waals surface area contributed by atoms with Crippen molar-refractivity contribution in [1.29, 1.82) is 0 Å². The molecule has 2 rings (SSSR count). The molecule has 6 nitrogen and oxygen atoms in total. The van der Waals surface area contributed by atoms with Gasteiger partial charge in [-0.3, -0.25) is 0 Å². The van der Waals surface area contributed by atoms with E-state index in [-0.39, 0.29) is 24.4 Å². The fraction of sp³-hybridized carbons (Fsp3) is 0.455. The summed E-state index contributed by atoms with van der Waals surface area (Å²) in [6, 6.07) is 14.6. The fourth-order valence-electron chi connectivity index (χ4n) is 4.55. The minimum Gasteiger partial charge on any atom is -0.461 e. The number of esters is 2. The molecule has 212 valence electrons. The number of aryl methyl sites for hydroxylation is 2. The van der Waals surface area contributed by atoms with Crippen molar-refractivity contribution in [3.63, 3.8) is 0 Å². The van der Waals surface area contributed by atoms with Gasteiger partial charge in [0.05, 0.1) is 29.3 Å². The fourth-order valence-corrected chi connectivity index (χ4v) is 4.55. The summed E-state index contributed by atoms with van der Waals surface area (Å²) in [4.78, 5) is 24.8. The molecular formula is C33H44O6. The van der Waals surface area contributed by atoms with Gasteiger partial charge in [-0.25, -0.2) is 9.59 Å². The molecule has 2 N–H and O–H groups in total. The molecule has 2 aromatic carbocycles. The molecule has 0 radical (unpaired) electrons. The molecule has 0 aliphatic rings. The topological polar surface area (TPSA) is 93.1 Å². The first-order valence-electron chi connectivity index (χ1n) is 13.8. The molecular weight excluding hydrogens is 492 g/mol. The summed E-state index contributed by atoms with van der Waals surface area (Å²) in [5.41, 5.74) is 4.72. The first-order chi connectivity index (χ1) is 18.6. The molecule has 6 heteroatoms. The van der Waals surface area contributed by atoms with Crippen molar-refractivity contribution in [3.05, 3.63) is 83.5 Å². The van der Waals surface area contributed by atoms with Crippen molar-refractivity contribution >= 4 is 11.9 Å². The molecule has 0 heterocycles. The van der Waals surface area contributed by atoms with Gasteiger partial charge in [0.1, 0.15) is 13.2 Å². The molecule has 0 amide bonds. The van der Waals surface area contributed by atoms with Crippen molar-refractivity contribution in [3.8, 4) is 11.1 Å². The van der Waals surface area contributed by atoms with E-state index in [0.29, 0.717) is 6.42 Å². The predicted octanol–water partition coefficient (Wildman–Crippen LogP) is 6.00. The number of aliphatic hydroxyl groups is 2. The molecule has 0 aliphatic heterocycles. The Hall–Kier alpha value is -3.22. The summed E-state index contributed by atoms with van der Waals surface area (Å²) in [6.45, 7) is 14.3. The van der Waals surface area contributed by atoms with Crippen molar-refractivity contribution in [2.45, 2.75) is 77.7 Å². The van der Waals surface area contributed by atoms with Crippen LogP contribution in [0.1, 0.15) is 69.6 Å². The molecule has 2 aromatic rings. The SMILES string of the molecule is C=C(CO)C(=O)OCC(CCC)(COC(=O)C(=C)C(C)O)c1ccc(-c2ccc(CCCCC)c(C)c2)cc1. The smallest absolute Gasteiger partial charge is 0.336 e. The van der Waals surface area contributed by atoms with Crippen LogP contribution in [-0.4, -0.2) is 48.1 Å². The highest BCUT2D eigenvalue weighted by molar-refractivity contribution is 5.89. The number of rotatable bonds is 16. The second-order valence-corrected chi connectivity index (χ2v) is 10.3. The Morgan fingerprint density at radius 2 is 1.54 bits per heavy atom. The van der Waals surface area contributed by atoms with Crippen molar-refractivity contribution in [2.75, 3.05) is 19.8 Å². The molecule has 39 heavy (non-hydrogen) atoms. The van der Waals surface area contributed by atoms with E-state index in [4.69, 9.17) is 9.47 Å². The quantitative estimate of drug-likeness (QED) is 0.155. The van der Waals surface area contributed by atoms with Crippen LogP contribution in [0.2, 0.25) is 0 Å². The van der Waals surface area contributed by atoms with Gasteiger partial charge >= 0.3 is 11.9 Å². The van der Waals surface area contributed by atoms with Crippen molar-refractivity contribution in [1.82, 2.24) is 0 Å². The number of carbonyl (C=O) groups excluding carboxylic acids is 2. The van der Waals surface area contributed by atoms with E-state index in [1.54, 1.807) is 0 Å². The highest BCUT2D eigenvalue weighted by Gasteiger charge is 2.36. The molecule has 0 aliphatic carbocycles. The van der Waals surface area contributed by atoms with E-state index in [0.717, 1.165) is 29.5 Å². The Labute approximate surface area is 233 Å². The van der Waals surface area contributed by atoms with E-state index >= 15 is 0 Å². The van der Waals surface area contributed by atoms with Crippen LogP contribution in [0.3, 0.4) is 0 Å². The van der Waals surface area contributed by atoms with E-state index in [9.17, 15) is 19.8 Å². The average Bonchev–Trinajstić information content (AvgIpc) is 2.94. The standard InChI is InChI=1S/C33H44O6/c1-7-9-10-11-27-12-13-29(19-23(27)3)28-14-16-30(17-15-28)33(18-8-2,21-38-31(36)24(4)20-34)22-39-32(37)25(5)26(6)35/h12-17,19,26,34-35H,4-5,7-11,18,20-22H2,1-3,6H3. The Balaban J connectivity index is 2.37. The summed E-state index contributed by atoms with van der Waals surface area (Å²) in [5.74, 6) is -1.41. The lowest BCUT2D eigenvalue weighted by Gasteiger charge is -2.33. The summed E-state index contributed by atoms with van der Waals surface area (Å²) in [7, 11) is 0. The van der Waals surface area contributed by atoms with Crippen LogP contribution in [0.15, 0.2) is 66.8 Å². The Morgan fingerprint density at radius 3 is 2.08 bits per heavy atom. The molecule has 0 spiro atoms. The molecule has 0 saturated carbocycles. The molecule has 0 bridgehead atoms. The minimum absolute atomic E-state index is 0.0464. The van der Waals surface area contributed by atoms with Gasteiger partial charge in [-0.1, -0.05) is 88.7 Å². The maximum Gasteiger partial charge on any atom is 0.336 e. The Morgan fingerprint density at radius 1 is 0.923 bits per heavy atom. The summed E-state index contributed by atoms with van der Waals surface area (Å²) < 4.78 is 11.1. The maximum absolute atomic E-state index is 12.5. The number of carbonyl (C=O) groups is 2. The third-order valence-corrected chi connectivity index (χ3v) is 7.16. The molecule has 2 atom stereocenters. The zero-order valence-corrected chi connectivity index (χ0v) is 23.9. The third kappa shape index (κ3) is 8.91. The highest BCUT2D eigenvalue weighted by atomic mass is 16.5.